The first-order valence-electron chi connectivity index (χ1n) is 7.17. The Bertz CT molecular complexity index is 628. The van der Waals surface area contributed by atoms with Crippen molar-refractivity contribution in [2.45, 2.75) is 37.8 Å². The molecule has 0 spiro atoms. The second-order valence-electron chi connectivity index (χ2n) is 5.80. The molecule has 108 valence electrons. The molecule has 1 unspecified atom stereocenters. The van der Waals surface area contributed by atoms with Crippen LogP contribution < -0.4 is 0 Å². The largest absolute Gasteiger partial charge is 0.386 e. The van der Waals surface area contributed by atoms with Crippen molar-refractivity contribution in [1.82, 2.24) is 14.8 Å². The predicted molar refractivity (Wildman–Crippen MR) is 77.0 cm³/mol. The Morgan fingerprint density at radius 2 is 2.10 bits per heavy atom. The molecule has 3 rings (SSSR count). The normalized spacial score (nSPS) is 18.7. The first-order valence-corrected chi connectivity index (χ1v) is 7.17. The second-order valence-corrected chi connectivity index (χ2v) is 5.80. The molecule has 1 heterocycles. The van der Waals surface area contributed by atoms with Crippen molar-refractivity contribution in [2.75, 3.05) is 0 Å². The van der Waals surface area contributed by atoms with Crippen LogP contribution in [0, 0.1) is 16.7 Å². The first-order chi connectivity index (χ1) is 10.2. The summed E-state index contributed by atoms with van der Waals surface area (Å²) >= 11 is 0. The van der Waals surface area contributed by atoms with Gasteiger partial charge < -0.3 is 5.11 Å². The molecule has 1 N–H and O–H groups in total. The van der Waals surface area contributed by atoms with Crippen molar-refractivity contribution >= 4 is 0 Å². The SMILES string of the molecule is N#CC1(C(O)(CCc2ccccc2)Cn2cncn2)CC1. The number of benzene rings is 1. The molecule has 1 atom stereocenters. The van der Waals surface area contributed by atoms with Gasteiger partial charge in [-0.05, 0) is 31.2 Å². The maximum absolute atomic E-state index is 11.1. The maximum Gasteiger partial charge on any atom is 0.137 e. The lowest BCUT2D eigenvalue weighted by Gasteiger charge is -2.32. The van der Waals surface area contributed by atoms with Crippen molar-refractivity contribution in [3.05, 3.63) is 48.5 Å². The summed E-state index contributed by atoms with van der Waals surface area (Å²) in [4.78, 5) is 3.91. The van der Waals surface area contributed by atoms with Gasteiger partial charge in [0.15, 0.2) is 0 Å². The highest BCUT2D eigenvalue weighted by atomic mass is 16.3. The van der Waals surface area contributed by atoms with Crippen molar-refractivity contribution in [2.24, 2.45) is 5.41 Å². The fraction of sp³-hybridized carbons (Fsp3) is 0.438. The summed E-state index contributed by atoms with van der Waals surface area (Å²) in [6.07, 6.45) is 5.83. The number of aryl methyl sites for hydroxylation is 1. The number of hydrogen-bond donors (Lipinski definition) is 1. The van der Waals surface area contributed by atoms with Crippen LogP contribution in [0.2, 0.25) is 0 Å². The van der Waals surface area contributed by atoms with E-state index in [0.29, 0.717) is 13.0 Å². The van der Waals surface area contributed by atoms with Crippen LogP contribution in [0.4, 0.5) is 0 Å². The summed E-state index contributed by atoms with van der Waals surface area (Å²) in [6.45, 7) is 0.313. The number of nitriles is 1. The van der Waals surface area contributed by atoms with E-state index in [1.807, 2.05) is 30.3 Å². The van der Waals surface area contributed by atoms with Gasteiger partial charge in [0.25, 0.3) is 0 Å². The topological polar surface area (TPSA) is 74.7 Å². The van der Waals surface area contributed by atoms with E-state index in [9.17, 15) is 10.4 Å². The molecule has 0 bridgehead atoms. The lowest BCUT2D eigenvalue weighted by atomic mass is 9.80. The first kappa shape index (κ1) is 13.8. The lowest BCUT2D eigenvalue weighted by Crippen LogP contribution is -2.43. The monoisotopic (exact) mass is 282 g/mol. The van der Waals surface area contributed by atoms with Gasteiger partial charge in [-0.1, -0.05) is 30.3 Å². The Kier molecular flexibility index (Phi) is 3.48. The molecule has 1 fully saturated rings. The van der Waals surface area contributed by atoms with Gasteiger partial charge in [0.2, 0.25) is 0 Å². The molecule has 0 saturated heterocycles. The van der Waals surface area contributed by atoms with Crippen LogP contribution in [0.25, 0.3) is 0 Å². The van der Waals surface area contributed by atoms with Crippen LogP contribution in [0.5, 0.6) is 0 Å². The van der Waals surface area contributed by atoms with Crippen LogP contribution in [-0.2, 0) is 13.0 Å². The third-order valence-corrected chi connectivity index (χ3v) is 4.42. The van der Waals surface area contributed by atoms with Gasteiger partial charge in [-0.2, -0.15) is 10.4 Å². The van der Waals surface area contributed by atoms with Gasteiger partial charge >= 0.3 is 0 Å². The Labute approximate surface area is 123 Å². The van der Waals surface area contributed by atoms with E-state index in [4.69, 9.17) is 0 Å². The average molecular weight is 282 g/mol. The fourth-order valence-corrected chi connectivity index (χ4v) is 2.85. The molecular formula is C16H18N4O. The number of aromatic nitrogens is 3. The summed E-state index contributed by atoms with van der Waals surface area (Å²) in [7, 11) is 0. The van der Waals surface area contributed by atoms with E-state index in [2.05, 4.69) is 16.2 Å². The maximum atomic E-state index is 11.1. The highest BCUT2D eigenvalue weighted by molar-refractivity contribution is 5.22. The Balaban J connectivity index is 1.78. The zero-order valence-electron chi connectivity index (χ0n) is 11.8. The molecular weight excluding hydrogens is 264 g/mol. The summed E-state index contributed by atoms with van der Waals surface area (Å²) < 4.78 is 1.61. The molecule has 0 radical (unpaired) electrons. The highest BCUT2D eigenvalue weighted by Crippen LogP contribution is 2.55. The van der Waals surface area contributed by atoms with E-state index < -0.39 is 11.0 Å². The van der Waals surface area contributed by atoms with Crippen LogP contribution in [0.1, 0.15) is 24.8 Å². The number of rotatable bonds is 6. The Hall–Kier alpha value is -2.19. The van der Waals surface area contributed by atoms with Crippen molar-refractivity contribution in [1.29, 1.82) is 5.26 Å². The van der Waals surface area contributed by atoms with Crippen LogP contribution in [-0.4, -0.2) is 25.5 Å². The minimum absolute atomic E-state index is 0.313. The van der Waals surface area contributed by atoms with E-state index in [0.717, 1.165) is 19.3 Å². The zero-order valence-corrected chi connectivity index (χ0v) is 11.8. The molecule has 5 nitrogen and oxygen atoms in total. The summed E-state index contributed by atoms with van der Waals surface area (Å²) in [5, 5.41) is 24.7. The minimum Gasteiger partial charge on any atom is -0.386 e. The molecule has 1 aliphatic carbocycles. The molecule has 0 aliphatic heterocycles. The third kappa shape index (κ3) is 2.67. The van der Waals surface area contributed by atoms with E-state index in [1.54, 1.807) is 11.0 Å². The summed E-state index contributed by atoms with van der Waals surface area (Å²) in [5.74, 6) is 0. The molecule has 1 aliphatic rings. The Morgan fingerprint density at radius 1 is 1.33 bits per heavy atom. The highest BCUT2D eigenvalue weighted by Gasteiger charge is 2.59. The molecule has 1 aromatic heterocycles. The lowest BCUT2D eigenvalue weighted by molar-refractivity contribution is -0.0356. The van der Waals surface area contributed by atoms with E-state index >= 15 is 0 Å². The second kappa shape index (κ2) is 5.30. The molecule has 1 aromatic carbocycles. The smallest absolute Gasteiger partial charge is 0.137 e. The number of nitrogens with zero attached hydrogens (tertiary/aromatic N) is 4. The zero-order chi connectivity index (χ0) is 14.8. The van der Waals surface area contributed by atoms with Gasteiger partial charge in [0.1, 0.15) is 18.3 Å². The molecule has 2 aromatic rings. The van der Waals surface area contributed by atoms with Crippen LogP contribution >= 0.6 is 0 Å². The average Bonchev–Trinajstić information content (AvgIpc) is 3.18. The van der Waals surface area contributed by atoms with Crippen molar-refractivity contribution in [3.63, 3.8) is 0 Å². The van der Waals surface area contributed by atoms with E-state index in [-0.39, 0.29) is 0 Å². The van der Waals surface area contributed by atoms with E-state index in [1.165, 1.54) is 11.9 Å². The van der Waals surface area contributed by atoms with Gasteiger partial charge in [0.05, 0.1) is 18.0 Å². The van der Waals surface area contributed by atoms with Crippen LogP contribution in [0.15, 0.2) is 43.0 Å². The number of aliphatic hydroxyl groups is 1. The Morgan fingerprint density at radius 3 is 2.67 bits per heavy atom. The third-order valence-electron chi connectivity index (χ3n) is 4.42. The van der Waals surface area contributed by atoms with Gasteiger partial charge in [-0.15, -0.1) is 0 Å². The number of hydrogen-bond acceptors (Lipinski definition) is 4. The van der Waals surface area contributed by atoms with Gasteiger partial charge in [-0.3, -0.25) is 4.68 Å². The molecule has 5 heteroatoms. The van der Waals surface area contributed by atoms with Gasteiger partial charge in [0, 0.05) is 0 Å². The molecule has 21 heavy (non-hydrogen) atoms. The predicted octanol–water partition coefficient (Wildman–Crippen LogP) is 1.95. The van der Waals surface area contributed by atoms with Crippen LogP contribution in [0.3, 0.4) is 0 Å². The minimum atomic E-state index is -1.06. The van der Waals surface area contributed by atoms with Crippen molar-refractivity contribution < 1.29 is 5.11 Å². The van der Waals surface area contributed by atoms with Gasteiger partial charge in [-0.25, -0.2) is 4.98 Å². The fourth-order valence-electron chi connectivity index (χ4n) is 2.85. The van der Waals surface area contributed by atoms with Crippen molar-refractivity contribution in [3.8, 4) is 6.07 Å². The quantitative estimate of drug-likeness (QED) is 0.878. The molecule has 0 amide bonds. The summed E-state index contributed by atoms with van der Waals surface area (Å²) in [5.41, 5.74) is -0.526. The molecule has 1 saturated carbocycles. The summed E-state index contributed by atoms with van der Waals surface area (Å²) in [6, 6.07) is 12.4. The standard InChI is InChI=1S/C16H18N4O/c17-10-15(8-9-15)16(21,11-20-13-18-12-19-20)7-6-14-4-2-1-3-5-14/h1-5,12-13,21H,6-9,11H2.